The zero-order valence-corrected chi connectivity index (χ0v) is 16.0. The molecule has 3 fully saturated rings. The smallest absolute Gasteiger partial charge is 0.255 e. The van der Waals surface area contributed by atoms with Crippen LogP contribution in [-0.2, 0) is 4.79 Å². The lowest BCUT2D eigenvalue weighted by atomic mass is 9.96. The lowest BCUT2D eigenvalue weighted by Gasteiger charge is -2.34. The Morgan fingerprint density at radius 2 is 1.85 bits per heavy atom. The molecule has 3 heterocycles. The van der Waals surface area contributed by atoms with Gasteiger partial charge >= 0.3 is 0 Å². The second-order valence-electron chi connectivity index (χ2n) is 8.24. The van der Waals surface area contributed by atoms with Gasteiger partial charge in [0.05, 0.1) is 5.56 Å². The average molecular weight is 370 g/mol. The number of hydrogen-bond donors (Lipinski definition) is 1. The van der Waals surface area contributed by atoms with Crippen molar-refractivity contribution in [1.29, 1.82) is 0 Å². The standard InChI is InChI=1S/C21H30N4O2/c26-20-6-3-11-25(20)15-16-9-12-24(13-10-16)21(27)17-7-8-19(22-14-17)23-18-4-1-2-5-18/h7-8,14,16,18H,1-6,9-13,15H2,(H,22,23). The largest absolute Gasteiger partial charge is 0.367 e. The van der Waals surface area contributed by atoms with Gasteiger partial charge in [0, 0.05) is 44.8 Å². The van der Waals surface area contributed by atoms with E-state index < -0.39 is 0 Å². The van der Waals surface area contributed by atoms with E-state index in [-0.39, 0.29) is 5.91 Å². The molecule has 0 atom stereocenters. The van der Waals surface area contributed by atoms with Crippen LogP contribution >= 0.6 is 0 Å². The second-order valence-corrected chi connectivity index (χ2v) is 8.24. The Morgan fingerprint density at radius 3 is 2.48 bits per heavy atom. The van der Waals surface area contributed by atoms with Crippen molar-refractivity contribution < 1.29 is 9.59 Å². The van der Waals surface area contributed by atoms with E-state index in [1.807, 2.05) is 21.9 Å². The molecule has 1 N–H and O–H groups in total. The van der Waals surface area contributed by atoms with Gasteiger partial charge in [-0.25, -0.2) is 4.98 Å². The highest BCUT2D eigenvalue weighted by Gasteiger charge is 2.28. The van der Waals surface area contributed by atoms with Gasteiger partial charge in [0.1, 0.15) is 5.82 Å². The van der Waals surface area contributed by atoms with Gasteiger partial charge < -0.3 is 15.1 Å². The summed E-state index contributed by atoms with van der Waals surface area (Å²) in [5.74, 6) is 1.76. The van der Waals surface area contributed by atoms with Crippen LogP contribution in [0.4, 0.5) is 5.82 Å². The number of pyridine rings is 1. The quantitative estimate of drug-likeness (QED) is 0.865. The summed E-state index contributed by atoms with van der Waals surface area (Å²) < 4.78 is 0. The molecule has 0 radical (unpaired) electrons. The molecular weight excluding hydrogens is 340 g/mol. The van der Waals surface area contributed by atoms with Crippen LogP contribution in [-0.4, -0.2) is 58.8 Å². The summed E-state index contributed by atoms with van der Waals surface area (Å²) in [5, 5.41) is 3.46. The Morgan fingerprint density at radius 1 is 1.07 bits per heavy atom. The number of carbonyl (C=O) groups is 2. The number of hydrogen-bond acceptors (Lipinski definition) is 4. The molecular formula is C21H30N4O2. The van der Waals surface area contributed by atoms with Gasteiger partial charge in [-0.2, -0.15) is 0 Å². The van der Waals surface area contributed by atoms with Crippen molar-refractivity contribution in [2.24, 2.45) is 5.92 Å². The van der Waals surface area contributed by atoms with Crippen LogP contribution in [0.1, 0.15) is 61.7 Å². The van der Waals surface area contributed by atoms with E-state index in [2.05, 4.69) is 10.3 Å². The minimum atomic E-state index is 0.0746. The van der Waals surface area contributed by atoms with E-state index in [0.29, 0.717) is 29.9 Å². The molecule has 2 amide bonds. The van der Waals surface area contributed by atoms with Crippen LogP contribution in [0, 0.1) is 5.92 Å². The molecule has 3 aliphatic rings. The predicted molar refractivity (Wildman–Crippen MR) is 105 cm³/mol. The minimum Gasteiger partial charge on any atom is -0.367 e. The molecule has 6 heteroatoms. The average Bonchev–Trinajstić information content (AvgIpc) is 3.35. The zero-order valence-electron chi connectivity index (χ0n) is 16.0. The highest BCUT2D eigenvalue weighted by atomic mass is 16.2. The summed E-state index contributed by atoms with van der Waals surface area (Å²) in [7, 11) is 0. The first-order valence-electron chi connectivity index (χ1n) is 10.5. The molecule has 1 saturated carbocycles. The summed E-state index contributed by atoms with van der Waals surface area (Å²) in [6, 6.07) is 4.35. The normalized spacial score (nSPS) is 21.9. The van der Waals surface area contributed by atoms with E-state index in [9.17, 15) is 9.59 Å². The molecule has 6 nitrogen and oxygen atoms in total. The fourth-order valence-electron chi connectivity index (χ4n) is 4.59. The first-order valence-corrected chi connectivity index (χ1v) is 10.5. The number of rotatable bonds is 5. The Hall–Kier alpha value is -2.11. The van der Waals surface area contributed by atoms with Gasteiger partial charge in [0.25, 0.3) is 5.91 Å². The van der Waals surface area contributed by atoms with Gasteiger partial charge in [-0.1, -0.05) is 12.8 Å². The number of anilines is 1. The maximum absolute atomic E-state index is 12.8. The van der Waals surface area contributed by atoms with Crippen LogP contribution in [0.3, 0.4) is 0 Å². The number of nitrogens with one attached hydrogen (secondary N) is 1. The number of piperidine rings is 1. The summed E-state index contributed by atoms with van der Waals surface area (Å²) >= 11 is 0. The van der Waals surface area contributed by atoms with E-state index in [1.165, 1.54) is 25.7 Å². The molecule has 0 aromatic carbocycles. The van der Waals surface area contributed by atoms with E-state index in [4.69, 9.17) is 0 Å². The molecule has 2 aliphatic heterocycles. The lowest BCUT2D eigenvalue weighted by molar-refractivity contribution is -0.128. The van der Waals surface area contributed by atoms with E-state index >= 15 is 0 Å². The summed E-state index contributed by atoms with van der Waals surface area (Å²) in [5.41, 5.74) is 0.667. The fraction of sp³-hybridized carbons (Fsp3) is 0.667. The van der Waals surface area contributed by atoms with Crippen LogP contribution in [0.5, 0.6) is 0 Å². The second kappa shape index (κ2) is 8.28. The lowest BCUT2D eigenvalue weighted by Crippen LogP contribution is -2.41. The fourth-order valence-corrected chi connectivity index (χ4v) is 4.59. The molecule has 0 spiro atoms. The Kier molecular flexibility index (Phi) is 5.60. The number of nitrogens with zero attached hydrogens (tertiary/aromatic N) is 3. The molecule has 0 bridgehead atoms. The third-order valence-corrected chi connectivity index (χ3v) is 6.27. The first kappa shape index (κ1) is 18.3. The highest BCUT2D eigenvalue weighted by Crippen LogP contribution is 2.24. The summed E-state index contributed by atoms with van der Waals surface area (Å²) in [6.45, 7) is 3.32. The highest BCUT2D eigenvalue weighted by molar-refractivity contribution is 5.94. The molecule has 1 aromatic heterocycles. The Labute approximate surface area is 161 Å². The van der Waals surface area contributed by atoms with Crippen LogP contribution in [0.25, 0.3) is 0 Å². The van der Waals surface area contributed by atoms with E-state index in [0.717, 1.165) is 51.3 Å². The van der Waals surface area contributed by atoms with Gasteiger partial charge in [-0.3, -0.25) is 9.59 Å². The van der Waals surface area contributed by atoms with Crippen LogP contribution in [0.15, 0.2) is 18.3 Å². The summed E-state index contributed by atoms with van der Waals surface area (Å²) in [6.07, 6.45) is 10.3. The molecule has 27 heavy (non-hydrogen) atoms. The van der Waals surface area contributed by atoms with Crippen molar-refractivity contribution in [3.05, 3.63) is 23.9 Å². The molecule has 1 aromatic rings. The molecule has 146 valence electrons. The Bertz CT molecular complexity index is 661. The van der Waals surface area contributed by atoms with Gasteiger partial charge in [0.2, 0.25) is 5.91 Å². The third kappa shape index (κ3) is 4.42. The van der Waals surface area contributed by atoms with Crippen molar-refractivity contribution in [1.82, 2.24) is 14.8 Å². The summed E-state index contributed by atoms with van der Waals surface area (Å²) in [4.78, 5) is 32.9. The van der Waals surface area contributed by atoms with Crippen molar-refractivity contribution in [3.8, 4) is 0 Å². The van der Waals surface area contributed by atoms with E-state index in [1.54, 1.807) is 6.20 Å². The molecule has 1 aliphatic carbocycles. The molecule has 0 unspecified atom stereocenters. The van der Waals surface area contributed by atoms with Gasteiger partial charge in [-0.15, -0.1) is 0 Å². The number of aromatic nitrogens is 1. The van der Waals surface area contributed by atoms with Crippen molar-refractivity contribution in [2.75, 3.05) is 31.5 Å². The first-order chi connectivity index (χ1) is 13.2. The van der Waals surface area contributed by atoms with Crippen molar-refractivity contribution in [3.63, 3.8) is 0 Å². The van der Waals surface area contributed by atoms with Crippen molar-refractivity contribution >= 4 is 17.6 Å². The van der Waals surface area contributed by atoms with Crippen LogP contribution in [0.2, 0.25) is 0 Å². The third-order valence-electron chi connectivity index (χ3n) is 6.27. The number of carbonyl (C=O) groups excluding carboxylic acids is 2. The topological polar surface area (TPSA) is 65.5 Å². The van der Waals surface area contributed by atoms with Gasteiger partial charge in [-0.05, 0) is 50.2 Å². The zero-order chi connectivity index (χ0) is 18.6. The number of likely N-dealkylation sites (tertiary alicyclic amines) is 2. The molecule has 2 saturated heterocycles. The van der Waals surface area contributed by atoms with Crippen LogP contribution < -0.4 is 5.32 Å². The maximum Gasteiger partial charge on any atom is 0.255 e. The minimum absolute atomic E-state index is 0.0746. The monoisotopic (exact) mass is 370 g/mol. The maximum atomic E-state index is 12.8. The Balaban J connectivity index is 1.26. The molecule has 4 rings (SSSR count). The SMILES string of the molecule is O=C1CCCN1CC1CCN(C(=O)c2ccc(NC3CCCC3)nc2)CC1. The van der Waals surface area contributed by atoms with Crippen molar-refractivity contribution in [2.45, 2.75) is 57.4 Å². The predicted octanol–water partition coefficient (Wildman–Crippen LogP) is 2.91. The number of amides is 2. The van der Waals surface area contributed by atoms with Gasteiger partial charge in [0.15, 0.2) is 0 Å².